The van der Waals surface area contributed by atoms with Gasteiger partial charge in [-0.25, -0.2) is 21.6 Å². The van der Waals surface area contributed by atoms with Crippen molar-refractivity contribution in [3.05, 3.63) is 58.4 Å². The first-order chi connectivity index (χ1) is 13.6. The van der Waals surface area contributed by atoms with Gasteiger partial charge in [-0.1, -0.05) is 11.6 Å². The Morgan fingerprint density at radius 1 is 1.10 bits per heavy atom. The Hall–Kier alpha value is -2.10. The van der Waals surface area contributed by atoms with E-state index in [1.54, 1.807) is 0 Å². The molecular formula is C19H18ClF3N2O3S. The summed E-state index contributed by atoms with van der Waals surface area (Å²) >= 11 is 6.09. The van der Waals surface area contributed by atoms with Crippen LogP contribution in [0.1, 0.15) is 23.2 Å². The van der Waals surface area contributed by atoms with Crippen LogP contribution < -0.4 is 5.32 Å². The van der Waals surface area contributed by atoms with Crippen molar-refractivity contribution in [3.8, 4) is 0 Å². The standard InChI is InChI=1S/C19H18ClF3N2O3S/c1-25-6-4-13(5-7-25)29(27,28)17-8-11(2-3-14(17)20)19(26)24-12-9-15(21)18(23)16(22)10-12/h2-3,8-10,13H,4-7H2,1H3,(H,24,26). The zero-order chi connectivity index (χ0) is 21.3. The van der Waals surface area contributed by atoms with E-state index in [0.29, 0.717) is 38.1 Å². The highest BCUT2D eigenvalue weighted by Crippen LogP contribution is 2.30. The molecule has 0 saturated carbocycles. The van der Waals surface area contributed by atoms with Gasteiger partial charge in [0.2, 0.25) is 0 Å². The van der Waals surface area contributed by atoms with E-state index in [2.05, 4.69) is 5.32 Å². The van der Waals surface area contributed by atoms with Crippen LogP contribution in [0.2, 0.25) is 5.02 Å². The SMILES string of the molecule is CN1CCC(S(=O)(=O)c2cc(C(=O)Nc3cc(F)c(F)c(F)c3)ccc2Cl)CC1. The predicted octanol–water partition coefficient (Wildman–Crippen LogP) is 3.88. The highest BCUT2D eigenvalue weighted by Gasteiger charge is 2.32. The minimum atomic E-state index is -3.77. The van der Waals surface area contributed by atoms with E-state index in [-0.39, 0.29) is 21.2 Å². The number of halogens is 4. The fourth-order valence-electron chi connectivity index (χ4n) is 3.17. The highest BCUT2D eigenvalue weighted by atomic mass is 35.5. The van der Waals surface area contributed by atoms with Crippen molar-refractivity contribution in [2.45, 2.75) is 23.0 Å². The van der Waals surface area contributed by atoms with Gasteiger partial charge in [0.15, 0.2) is 27.3 Å². The largest absolute Gasteiger partial charge is 0.322 e. The summed E-state index contributed by atoms with van der Waals surface area (Å²) in [5, 5.41) is 1.59. The Kier molecular flexibility index (Phi) is 6.21. The molecule has 156 valence electrons. The topological polar surface area (TPSA) is 66.5 Å². The Balaban J connectivity index is 1.87. The van der Waals surface area contributed by atoms with Gasteiger partial charge in [0.1, 0.15) is 0 Å². The second kappa shape index (κ2) is 8.33. The predicted molar refractivity (Wildman–Crippen MR) is 103 cm³/mol. The van der Waals surface area contributed by atoms with Crippen LogP contribution in [0, 0.1) is 17.5 Å². The number of nitrogens with one attached hydrogen (secondary N) is 1. The van der Waals surface area contributed by atoms with Crippen molar-refractivity contribution in [1.82, 2.24) is 4.90 Å². The number of sulfone groups is 1. The van der Waals surface area contributed by atoms with Crippen LogP contribution >= 0.6 is 11.6 Å². The molecule has 1 N–H and O–H groups in total. The number of likely N-dealkylation sites (tertiary alicyclic amines) is 1. The molecule has 2 aromatic rings. The first kappa shape index (κ1) is 21.6. The molecule has 5 nitrogen and oxygen atoms in total. The quantitative estimate of drug-likeness (QED) is 0.724. The lowest BCUT2D eigenvalue weighted by molar-refractivity contribution is 0.102. The third-order valence-corrected chi connectivity index (χ3v) is 7.59. The van der Waals surface area contributed by atoms with Crippen molar-refractivity contribution in [2.75, 3.05) is 25.5 Å². The lowest BCUT2D eigenvalue weighted by atomic mass is 10.1. The number of rotatable bonds is 4. The van der Waals surface area contributed by atoms with Gasteiger partial charge in [-0.3, -0.25) is 4.79 Å². The van der Waals surface area contributed by atoms with E-state index < -0.39 is 38.4 Å². The summed E-state index contributed by atoms with van der Waals surface area (Å²) in [6.45, 7) is 1.26. The molecule has 29 heavy (non-hydrogen) atoms. The molecule has 1 fully saturated rings. The fraction of sp³-hybridized carbons (Fsp3) is 0.316. The summed E-state index contributed by atoms with van der Waals surface area (Å²) in [7, 11) is -1.87. The average molecular weight is 447 g/mol. The molecule has 1 aliphatic rings. The van der Waals surface area contributed by atoms with E-state index in [4.69, 9.17) is 11.6 Å². The summed E-state index contributed by atoms with van der Waals surface area (Å²) < 4.78 is 65.7. The fourth-order valence-corrected chi connectivity index (χ4v) is 5.43. The van der Waals surface area contributed by atoms with Crippen molar-refractivity contribution >= 4 is 33.0 Å². The average Bonchev–Trinajstić information content (AvgIpc) is 2.66. The molecule has 0 unspecified atom stereocenters. The van der Waals surface area contributed by atoms with Gasteiger partial charge in [-0.15, -0.1) is 0 Å². The lowest BCUT2D eigenvalue weighted by Gasteiger charge is -2.28. The van der Waals surface area contributed by atoms with E-state index in [0.717, 1.165) is 6.07 Å². The minimum absolute atomic E-state index is 0.0145. The van der Waals surface area contributed by atoms with Gasteiger partial charge in [-0.2, -0.15) is 0 Å². The van der Waals surface area contributed by atoms with Crippen molar-refractivity contribution in [2.24, 2.45) is 0 Å². The Morgan fingerprint density at radius 3 is 2.28 bits per heavy atom. The molecule has 1 aliphatic heterocycles. The molecule has 2 aromatic carbocycles. The third-order valence-electron chi connectivity index (χ3n) is 4.85. The summed E-state index contributed by atoms with van der Waals surface area (Å²) in [6.07, 6.45) is 0.888. The van der Waals surface area contributed by atoms with Gasteiger partial charge in [0.25, 0.3) is 5.91 Å². The zero-order valence-electron chi connectivity index (χ0n) is 15.4. The lowest BCUT2D eigenvalue weighted by Crippen LogP contribution is -2.37. The molecule has 1 saturated heterocycles. The zero-order valence-corrected chi connectivity index (χ0v) is 17.0. The van der Waals surface area contributed by atoms with Crippen LogP contribution in [0.3, 0.4) is 0 Å². The van der Waals surface area contributed by atoms with Crippen LogP contribution in [-0.4, -0.2) is 44.6 Å². The summed E-state index contributed by atoms with van der Waals surface area (Å²) in [5.74, 6) is -5.38. The third kappa shape index (κ3) is 4.57. The summed E-state index contributed by atoms with van der Waals surface area (Å²) in [6, 6.07) is 4.97. The molecule has 1 amide bonds. The molecule has 0 bridgehead atoms. The maximum atomic E-state index is 13.3. The van der Waals surface area contributed by atoms with Gasteiger partial charge in [-0.05, 0) is 51.2 Å². The number of benzene rings is 2. The van der Waals surface area contributed by atoms with Crippen molar-refractivity contribution in [1.29, 1.82) is 0 Å². The maximum absolute atomic E-state index is 13.3. The number of hydrogen-bond donors (Lipinski definition) is 1. The number of amides is 1. The van der Waals surface area contributed by atoms with Gasteiger partial charge in [0, 0.05) is 23.4 Å². The monoisotopic (exact) mass is 446 g/mol. The van der Waals surface area contributed by atoms with Gasteiger partial charge < -0.3 is 10.2 Å². The van der Waals surface area contributed by atoms with E-state index >= 15 is 0 Å². The Labute approximate surface area is 171 Å². The number of carbonyl (C=O) groups is 1. The highest BCUT2D eigenvalue weighted by molar-refractivity contribution is 7.92. The second-order valence-electron chi connectivity index (χ2n) is 6.90. The molecule has 0 radical (unpaired) electrons. The molecule has 3 rings (SSSR count). The molecule has 0 aromatic heterocycles. The number of hydrogen-bond acceptors (Lipinski definition) is 4. The number of piperidine rings is 1. The summed E-state index contributed by atoms with van der Waals surface area (Å²) in [5.41, 5.74) is -0.368. The molecular weight excluding hydrogens is 429 g/mol. The normalized spacial score (nSPS) is 16.0. The Morgan fingerprint density at radius 2 is 1.69 bits per heavy atom. The molecule has 0 spiro atoms. The Bertz CT molecular complexity index is 1030. The molecule has 1 heterocycles. The van der Waals surface area contributed by atoms with Crippen molar-refractivity contribution in [3.63, 3.8) is 0 Å². The van der Waals surface area contributed by atoms with Crippen LogP contribution in [0.15, 0.2) is 35.2 Å². The van der Waals surface area contributed by atoms with Gasteiger partial charge >= 0.3 is 0 Å². The van der Waals surface area contributed by atoms with E-state index in [1.165, 1.54) is 12.1 Å². The summed E-state index contributed by atoms with van der Waals surface area (Å²) in [4.78, 5) is 14.3. The first-order valence-electron chi connectivity index (χ1n) is 8.77. The number of carbonyl (C=O) groups excluding carboxylic acids is 1. The smallest absolute Gasteiger partial charge is 0.255 e. The van der Waals surface area contributed by atoms with Crippen LogP contribution in [0.4, 0.5) is 18.9 Å². The van der Waals surface area contributed by atoms with E-state index in [1.807, 2.05) is 11.9 Å². The van der Waals surface area contributed by atoms with Crippen LogP contribution in [0.25, 0.3) is 0 Å². The molecule has 0 aliphatic carbocycles. The first-order valence-corrected chi connectivity index (χ1v) is 10.7. The molecule has 10 heteroatoms. The maximum Gasteiger partial charge on any atom is 0.255 e. The number of nitrogens with zero attached hydrogens (tertiary/aromatic N) is 1. The van der Waals surface area contributed by atoms with E-state index in [9.17, 15) is 26.4 Å². The minimum Gasteiger partial charge on any atom is -0.322 e. The second-order valence-corrected chi connectivity index (χ2v) is 9.50. The van der Waals surface area contributed by atoms with Gasteiger partial charge in [0.05, 0.1) is 15.2 Å². The molecule has 0 atom stereocenters. The van der Waals surface area contributed by atoms with Crippen molar-refractivity contribution < 1.29 is 26.4 Å². The van der Waals surface area contributed by atoms with Crippen LogP contribution in [-0.2, 0) is 9.84 Å². The number of anilines is 1. The van der Waals surface area contributed by atoms with Crippen LogP contribution in [0.5, 0.6) is 0 Å².